The summed E-state index contributed by atoms with van der Waals surface area (Å²) in [6.45, 7) is 2.96. The Morgan fingerprint density at radius 3 is 2.24 bits per heavy atom. The Morgan fingerprint density at radius 1 is 1.00 bits per heavy atom. The van der Waals surface area contributed by atoms with E-state index in [9.17, 15) is 4.79 Å². The fourth-order valence-electron chi connectivity index (χ4n) is 2.78. The Labute approximate surface area is 171 Å². The summed E-state index contributed by atoms with van der Waals surface area (Å²) in [6.07, 6.45) is 5.63. The molecule has 0 aliphatic heterocycles. The zero-order valence-electron chi connectivity index (χ0n) is 17.1. The number of ether oxygens (including phenoxy) is 5. The zero-order valence-corrected chi connectivity index (χ0v) is 17.1. The number of hydrogen-bond acceptors (Lipinski definition) is 6. The number of hydrogen-bond donors (Lipinski definition) is 0. The molecule has 6 nitrogen and oxygen atoms in total. The standard InChI is InChI=1S/C23H26O6/c1-6-7-17-10-15-21(25-2)19(22(17)26-3)13-14-20(24)16-8-11-18(12-9-16)29-23(27-4)28-5/h6,8-15,23H,1,7H2,2-5H3/b14-13+. The molecule has 6 heteroatoms. The van der Waals surface area contributed by atoms with Crippen molar-refractivity contribution in [3.8, 4) is 17.2 Å². The van der Waals surface area contributed by atoms with Crippen LogP contribution >= 0.6 is 0 Å². The van der Waals surface area contributed by atoms with E-state index >= 15 is 0 Å². The minimum Gasteiger partial charge on any atom is -0.496 e. The molecule has 0 aliphatic carbocycles. The number of carbonyl (C=O) groups is 1. The molecule has 0 amide bonds. The molecule has 0 fully saturated rings. The molecule has 2 rings (SSSR count). The van der Waals surface area contributed by atoms with E-state index in [2.05, 4.69) is 6.58 Å². The van der Waals surface area contributed by atoms with E-state index in [0.29, 0.717) is 34.8 Å². The monoisotopic (exact) mass is 398 g/mol. The first-order valence-corrected chi connectivity index (χ1v) is 8.97. The fraction of sp³-hybridized carbons (Fsp3) is 0.261. The van der Waals surface area contributed by atoms with Gasteiger partial charge in [0.1, 0.15) is 17.2 Å². The molecule has 154 valence electrons. The van der Waals surface area contributed by atoms with Gasteiger partial charge in [-0.05, 0) is 54.5 Å². The minimum atomic E-state index is -0.806. The molecule has 0 radical (unpaired) electrons. The van der Waals surface area contributed by atoms with Crippen molar-refractivity contribution in [3.05, 3.63) is 71.8 Å². The van der Waals surface area contributed by atoms with Crippen LogP contribution < -0.4 is 14.2 Å². The molecule has 2 aromatic carbocycles. The highest BCUT2D eigenvalue weighted by Crippen LogP contribution is 2.34. The second-order valence-electron chi connectivity index (χ2n) is 5.97. The molecule has 29 heavy (non-hydrogen) atoms. The molecule has 0 N–H and O–H groups in total. The van der Waals surface area contributed by atoms with Gasteiger partial charge in [-0.25, -0.2) is 0 Å². The molecule has 0 aromatic heterocycles. The molecular weight excluding hydrogens is 372 g/mol. The molecule has 0 aliphatic rings. The van der Waals surface area contributed by atoms with E-state index in [0.717, 1.165) is 5.56 Å². The summed E-state index contributed by atoms with van der Waals surface area (Å²) in [6, 6.07) is 10.5. The first kappa shape index (κ1) is 22.2. The van der Waals surface area contributed by atoms with Crippen LogP contribution in [0.25, 0.3) is 6.08 Å². The first-order chi connectivity index (χ1) is 14.1. The van der Waals surface area contributed by atoms with Crippen molar-refractivity contribution < 1.29 is 28.5 Å². The van der Waals surface area contributed by atoms with E-state index in [1.54, 1.807) is 50.6 Å². The first-order valence-electron chi connectivity index (χ1n) is 8.97. The summed E-state index contributed by atoms with van der Waals surface area (Å²) in [5.41, 5.74) is 2.17. The van der Waals surface area contributed by atoms with Gasteiger partial charge in [0.05, 0.1) is 19.8 Å². The van der Waals surface area contributed by atoms with Crippen molar-refractivity contribution in [2.45, 2.75) is 12.9 Å². The van der Waals surface area contributed by atoms with E-state index in [1.165, 1.54) is 20.3 Å². The summed E-state index contributed by atoms with van der Waals surface area (Å²) in [5.74, 6) is 1.64. The van der Waals surface area contributed by atoms with Crippen LogP contribution in [0.4, 0.5) is 0 Å². The predicted octanol–water partition coefficient (Wildman–Crippen LogP) is 4.28. The van der Waals surface area contributed by atoms with E-state index in [1.807, 2.05) is 12.1 Å². The van der Waals surface area contributed by atoms with Crippen LogP contribution in [0.5, 0.6) is 17.2 Å². The molecule has 0 unspecified atom stereocenters. The average molecular weight is 398 g/mol. The van der Waals surface area contributed by atoms with Crippen LogP contribution in [0.2, 0.25) is 0 Å². The predicted molar refractivity (Wildman–Crippen MR) is 112 cm³/mol. The van der Waals surface area contributed by atoms with Crippen molar-refractivity contribution >= 4 is 11.9 Å². The van der Waals surface area contributed by atoms with Gasteiger partial charge < -0.3 is 23.7 Å². The van der Waals surface area contributed by atoms with Gasteiger partial charge in [0.2, 0.25) is 0 Å². The topological polar surface area (TPSA) is 63.2 Å². The van der Waals surface area contributed by atoms with Crippen molar-refractivity contribution in [3.63, 3.8) is 0 Å². The molecule has 0 spiro atoms. The Balaban J connectivity index is 2.24. The summed E-state index contributed by atoms with van der Waals surface area (Å²) in [5, 5.41) is 0. The van der Waals surface area contributed by atoms with E-state index < -0.39 is 6.48 Å². The van der Waals surface area contributed by atoms with Crippen LogP contribution in [0.3, 0.4) is 0 Å². The zero-order chi connectivity index (χ0) is 21.2. The number of ketones is 1. The van der Waals surface area contributed by atoms with Crippen LogP contribution in [-0.4, -0.2) is 40.7 Å². The van der Waals surface area contributed by atoms with Crippen molar-refractivity contribution in [2.75, 3.05) is 28.4 Å². The average Bonchev–Trinajstić information content (AvgIpc) is 2.76. The van der Waals surface area contributed by atoms with Gasteiger partial charge in [0, 0.05) is 19.8 Å². The highest BCUT2D eigenvalue weighted by Gasteiger charge is 2.13. The Hall–Kier alpha value is -3.09. The quantitative estimate of drug-likeness (QED) is 0.244. The summed E-state index contributed by atoms with van der Waals surface area (Å²) in [4.78, 5) is 12.6. The third-order valence-corrected chi connectivity index (χ3v) is 4.18. The smallest absolute Gasteiger partial charge is 0.315 e. The van der Waals surface area contributed by atoms with Gasteiger partial charge in [-0.3, -0.25) is 4.79 Å². The number of allylic oxidation sites excluding steroid dienone is 2. The SMILES string of the molecule is C=CCc1ccc(OC)c(/C=C/C(=O)c2ccc(OC(OC)OC)cc2)c1OC. The van der Waals surface area contributed by atoms with Crippen LogP contribution in [0, 0.1) is 0 Å². The molecule has 0 atom stereocenters. The third-order valence-electron chi connectivity index (χ3n) is 4.18. The molecule has 0 bridgehead atoms. The second-order valence-corrected chi connectivity index (χ2v) is 5.97. The van der Waals surface area contributed by atoms with E-state index in [-0.39, 0.29) is 5.78 Å². The lowest BCUT2D eigenvalue weighted by Crippen LogP contribution is -2.20. The van der Waals surface area contributed by atoms with Crippen molar-refractivity contribution in [1.29, 1.82) is 0 Å². The summed E-state index contributed by atoms with van der Waals surface area (Å²) in [7, 11) is 6.12. The molecule has 2 aromatic rings. The highest BCUT2D eigenvalue weighted by molar-refractivity contribution is 6.07. The fourth-order valence-corrected chi connectivity index (χ4v) is 2.78. The van der Waals surface area contributed by atoms with Gasteiger partial charge in [-0.2, -0.15) is 0 Å². The van der Waals surface area contributed by atoms with Gasteiger partial charge >= 0.3 is 6.48 Å². The lowest BCUT2D eigenvalue weighted by molar-refractivity contribution is -0.219. The lowest BCUT2D eigenvalue weighted by atomic mass is 10.0. The third kappa shape index (κ3) is 5.70. The van der Waals surface area contributed by atoms with Crippen LogP contribution in [0.15, 0.2) is 55.1 Å². The molecule has 0 heterocycles. The van der Waals surface area contributed by atoms with Gasteiger partial charge in [0.15, 0.2) is 5.78 Å². The molecule has 0 saturated heterocycles. The normalized spacial score (nSPS) is 10.9. The maximum Gasteiger partial charge on any atom is 0.315 e. The van der Waals surface area contributed by atoms with Crippen LogP contribution in [0.1, 0.15) is 21.5 Å². The summed E-state index contributed by atoms with van der Waals surface area (Å²) < 4.78 is 26.4. The number of benzene rings is 2. The largest absolute Gasteiger partial charge is 0.496 e. The number of rotatable bonds is 11. The maximum absolute atomic E-state index is 12.6. The molecular formula is C23H26O6. The Bertz CT molecular complexity index is 850. The Kier molecular flexibility index (Phi) is 8.45. The minimum absolute atomic E-state index is 0.162. The number of methoxy groups -OCH3 is 4. The second kappa shape index (κ2) is 11.0. The van der Waals surface area contributed by atoms with Gasteiger partial charge in [-0.1, -0.05) is 12.1 Å². The highest BCUT2D eigenvalue weighted by atomic mass is 16.8. The number of carbonyl (C=O) groups excluding carboxylic acids is 1. The van der Waals surface area contributed by atoms with Crippen molar-refractivity contribution in [1.82, 2.24) is 0 Å². The summed E-state index contributed by atoms with van der Waals surface area (Å²) >= 11 is 0. The molecule has 0 saturated carbocycles. The van der Waals surface area contributed by atoms with Gasteiger partial charge in [-0.15, -0.1) is 6.58 Å². The van der Waals surface area contributed by atoms with Crippen molar-refractivity contribution in [2.24, 2.45) is 0 Å². The maximum atomic E-state index is 12.6. The van der Waals surface area contributed by atoms with Gasteiger partial charge in [0.25, 0.3) is 0 Å². The Morgan fingerprint density at radius 2 is 1.69 bits per heavy atom. The van der Waals surface area contributed by atoms with E-state index in [4.69, 9.17) is 23.7 Å². The van der Waals surface area contributed by atoms with Crippen LogP contribution in [-0.2, 0) is 15.9 Å². The lowest BCUT2D eigenvalue weighted by Gasteiger charge is -2.15.